The summed E-state index contributed by atoms with van der Waals surface area (Å²) in [5.74, 6) is -1.00. The van der Waals surface area contributed by atoms with E-state index in [-0.39, 0.29) is 52.3 Å². The highest BCUT2D eigenvalue weighted by atomic mass is 16.5. The third-order valence-corrected chi connectivity index (χ3v) is 12.2. The number of carboxylic acid groups (broad SMARTS) is 1. The summed E-state index contributed by atoms with van der Waals surface area (Å²) in [6.07, 6.45) is 5.39. The molecule has 5 fully saturated rings. The number of carbonyl (C=O) groups is 2. The largest absolute Gasteiger partial charge is 0.478 e. The molecule has 2 unspecified atom stereocenters. The van der Waals surface area contributed by atoms with Crippen molar-refractivity contribution in [2.45, 2.75) is 111 Å². The van der Waals surface area contributed by atoms with Gasteiger partial charge in [-0.05, 0) is 124 Å². The van der Waals surface area contributed by atoms with Crippen molar-refractivity contribution in [1.29, 1.82) is 0 Å². The fourth-order valence-electron chi connectivity index (χ4n) is 10.5. The number of esters is 1. The van der Waals surface area contributed by atoms with Crippen molar-refractivity contribution < 1.29 is 29.6 Å². The zero-order valence-corrected chi connectivity index (χ0v) is 24.4. The minimum atomic E-state index is -0.911. The number of aliphatic hydroxyl groups excluding tert-OH is 2. The van der Waals surface area contributed by atoms with Crippen LogP contribution < -0.4 is 5.73 Å². The Morgan fingerprint density at radius 3 is 2.28 bits per heavy atom. The number of hydrogen-bond acceptors (Lipinski definition) is 6. The molecule has 0 bridgehead atoms. The lowest BCUT2D eigenvalue weighted by atomic mass is 9.41. The molecular formula is C32H49NO6. The lowest BCUT2D eigenvalue weighted by Crippen LogP contribution is -2.62. The first-order valence-electron chi connectivity index (χ1n) is 15.2. The van der Waals surface area contributed by atoms with E-state index in [1.54, 1.807) is 0 Å². The lowest BCUT2D eigenvalue weighted by molar-refractivity contribution is -0.192. The van der Waals surface area contributed by atoms with E-state index in [1.807, 2.05) is 0 Å². The molecule has 0 saturated heterocycles. The molecule has 0 aromatic heterocycles. The topological polar surface area (TPSA) is 130 Å². The number of nitrogens with two attached hydrogens (primary N) is 1. The maximum absolute atomic E-state index is 13.0. The molecule has 0 heterocycles. The molecule has 0 spiro atoms. The lowest BCUT2D eigenvalue weighted by Gasteiger charge is -2.64. The highest BCUT2D eigenvalue weighted by Gasteiger charge is 2.66. The van der Waals surface area contributed by atoms with Gasteiger partial charge in [0, 0.05) is 18.4 Å². The van der Waals surface area contributed by atoms with Crippen LogP contribution in [-0.2, 0) is 14.3 Å². The van der Waals surface area contributed by atoms with E-state index in [2.05, 4.69) is 27.7 Å². The molecule has 11 atom stereocenters. The third-order valence-electron chi connectivity index (χ3n) is 12.2. The van der Waals surface area contributed by atoms with Crippen molar-refractivity contribution >= 4 is 11.9 Å². The molecule has 0 radical (unpaired) electrons. The van der Waals surface area contributed by atoms with E-state index in [1.165, 1.54) is 18.1 Å². The van der Waals surface area contributed by atoms with Crippen LogP contribution in [0.2, 0.25) is 0 Å². The summed E-state index contributed by atoms with van der Waals surface area (Å²) in [6, 6.07) is 0. The number of carboxylic acids is 1. The first-order valence-corrected chi connectivity index (χ1v) is 15.2. The van der Waals surface area contributed by atoms with Gasteiger partial charge in [0.25, 0.3) is 0 Å². The van der Waals surface area contributed by atoms with Gasteiger partial charge in [0.2, 0.25) is 0 Å². The Labute approximate surface area is 233 Å². The van der Waals surface area contributed by atoms with E-state index in [0.717, 1.165) is 44.1 Å². The molecule has 218 valence electrons. The van der Waals surface area contributed by atoms with Gasteiger partial charge in [-0.2, -0.15) is 0 Å². The van der Waals surface area contributed by atoms with E-state index in [4.69, 9.17) is 10.5 Å². The smallest absolute Gasteiger partial charge is 0.331 e. The summed E-state index contributed by atoms with van der Waals surface area (Å²) < 4.78 is 5.94. The average molecular weight is 544 g/mol. The second-order valence-electron chi connectivity index (χ2n) is 14.2. The second-order valence-corrected chi connectivity index (χ2v) is 14.2. The first kappa shape index (κ1) is 28.8. The van der Waals surface area contributed by atoms with Gasteiger partial charge < -0.3 is 25.8 Å². The number of allylic oxidation sites excluding steroid dienone is 2. The summed E-state index contributed by atoms with van der Waals surface area (Å²) in [7, 11) is 0. The zero-order valence-electron chi connectivity index (χ0n) is 24.4. The Balaban J connectivity index is 1.58. The Kier molecular flexibility index (Phi) is 7.60. The summed E-state index contributed by atoms with van der Waals surface area (Å²) in [6.45, 7) is 10.6. The van der Waals surface area contributed by atoms with Crippen LogP contribution >= 0.6 is 0 Å². The van der Waals surface area contributed by atoms with Gasteiger partial charge in [0.15, 0.2) is 0 Å². The van der Waals surface area contributed by atoms with Crippen molar-refractivity contribution in [2.24, 2.45) is 52.1 Å². The summed E-state index contributed by atoms with van der Waals surface area (Å²) >= 11 is 0. The molecule has 5 aliphatic rings. The van der Waals surface area contributed by atoms with Crippen molar-refractivity contribution in [3.8, 4) is 0 Å². The van der Waals surface area contributed by atoms with Crippen LogP contribution in [0.3, 0.4) is 0 Å². The van der Waals surface area contributed by atoms with Crippen LogP contribution in [0.4, 0.5) is 0 Å². The van der Waals surface area contributed by atoms with Gasteiger partial charge in [0.05, 0.1) is 12.2 Å². The van der Waals surface area contributed by atoms with Crippen LogP contribution in [0.25, 0.3) is 0 Å². The summed E-state index contributed by atoms with van der Waals surface area (Å²) in [5.41, 5.74) is 9.54. The van der Waals surface area contributed by atoms with E-state index < -0.39 is 24.3 Å². The number of aliphatic hydroxyl groups is 2. The van der Waals surface area contributed by atoms with E-state index >= 15 is 0 Å². The molecule has 5 aliphatic carbocycles. The number of carbonyl (C=O) groups excluding carboxylic acids is 1. The van der Waals surface area contributed by atoms with Crippen molar-refractivity contribution in [3.63, 3.8) is 0 Å². The monoisotopic (exact) mass is 543 g/mol. The Morgan fingerprint density at radius 2 is 1.69 bits per heavy atom. The normalized spacial score (nSPS) is 46.7. The highest BCUT2D eigenvalue weighted by Crippen LogP contribution is 2.69. The standard InChI is InChI=1S/C32H49NO6/c1-16(2)18-6-7-19(12-18)27(30(37)38)28-23-13-25(36)29-22(32(23,5)14-26(28)39-17(3)34)9-8-21-20(15-33)24(35)10-11-31(21,29)4/h19-26,29,35-36H,6-15,33H2,1-5H3,(H,37,38)/b28-27-/t19?,20-,21-,22?,23-,24+,25+,26-,29-,31-,32+/m0/s1. The van der Waals surface area contributed by atoms with E-state index in [0.29, 0.717) is 31.4 Å². The molecule has 7 heteroatoms. The van der Waals surface area contributed by atoms with E-state index in [9.17, 15) is 24.9 Å². The predicted molar refractivity (Wildman–Crippen MR) is 148 cm³/mol. The minimum Gasteiger partial charge on any atom is -0.478 e. The van der Waals surface area contributed by atoms with Crippen molar-refractivity contribution in [2.75, 3.05) is 6.54 Å². The molecule has 0 aliphatic heterocycles. The SMILES string of the molecule is CC(=O)O[C@H]1C[C@]2(C)C3CC[C@H]4[C@H](CN)[C@H](O)CC[C@]4(C)[C@@H]3[C@H](O)C[C@H]2/C1=C(/C(=O)O)C1CCC(=C(C)C)C1. The number of ether oxygens (including phenoxy) is 1. The molecule has 5 saturated carbocycles. The molecule has 0 aromatic carbocycles. The molecule has 0 aromatic rings. The van der Waals surface area contributed by atoms with Gasteiger partial charge in [-0.1, -0.05) is 25.0 Å². The van der Waals surface area contributed by atoms with Gasteiger partial charge in [0.1, 0.15) is 6.10 Å². The molecule has 39 heavy (non-hydrogen) atoms. The number of hydrogen-bond donors (Lipinski definition) is 4. The van der Waals surface area contributed by atoms with Crippen LogP contribution in [0.1, 0.15) is 92.4 Å². The number of fused-ring (bicyclic) bond motifs is 5. The zero-order chi connectivity index (χ0) is 28.4. The van der Waals surface area contributed by atoms with Crippen LogP contribution in [-0.4, -0.2) is 52.1 Å². The van der Waals surface area contributed by atoms with Crippen LogP contribution in [0, 0.1) is 46.3 Å². The Morgan fingerprint density at radius 1 is 1.00 bits per heavy atom. The van der Waals surface area contributed by atoms with Gasteiger partial charge >= 0.3 is 11.9 Å². The Bertz CT molecular complexity index is 1080. The Hall–Kier alpha value is -1.70. The van der Waals surface area contributed by atoms with Crippen molar-refractivity contribution in [3.05, 3.63) is 22.3 Å². The van der Waals surface area contributed by atoms with Crippen molar-refractivity contribution in [1.82, 2.24) is 0 Å². The molecule has 5 rings (SSSR count). The number of aliphatic carboxylic acids is 1. The maximum Gasteiger partial charge on any atom is 0.331 e. The predicted octanol–water partition coefficient (Wildman–Crippen LogP) is 4.60. The van der Waals surface area contributed by atoms with Crippen LogP contribution in [0.5, 0.6) is 0 Å². The fourth-order valence-corrected chi connectivity index (χ4v) is 10.5. The second kappa shape index (κ2) is 10.3. The molecular weight excluding hydrogens is 494 g/mol. The summed E-state index contributed by atoms with van der Waals surface area (Å²) in [4.78, 5) is 25.3. The third kappa shape index (κ3) is 4.51. The first-order chi connectivity index (χ1) is 18.3. The summed E-state index contributed by atoms with van der Waals surface area (Å²) in [5, 5.41) is 33.3. The fraction of sp³-hybridized carbons (Fsp3) is 0.812. The molecule has 0 amide bonds. The van der Waals surface area contributed by atoms with Gasteiger partial charge in [-0.25, -0.2) is 4.79 Å². The molecule has 7 nitrogen and oxygen atoms in total. The van der Waals surface area contributed by atoms with Gasteiger partial charge in [-0.3, -0.25) is 4.79 Å². The maximum atomic E-state index is 13.0. The highest BCUT2D eigenvalue weighted by molar-refractivity contribution is 5.89. The number of rotatable bonds is 4. The quantitative estimate of drug-likeness (QED) is 0.231. The van der Waals surface area contributed by atoms with Gasteiger partial charge in [-0.15, -0.1) is 0 Å². The average Bonchev–Trinajstić information content (AvgIpc) is 3.43. The molecule has 5 N–H and O–H groups in total. The minimum absolute atomic E-state index is 0.0421. The van der Waals surface area contributed by atoms with Crippen LogP contribution in [0.15, 0.2) is 22.3 Å².